The predicted molar refractivity (Wildman–Crippen MR) is 347 cm³/mol. The van der Waals surface area contributed by atoms with Crippen LogP contribution in [0.4, 0.5) is 34.1 Å². The van der Waals surface area contributed by atoms with Gasteiger partial charge in [-0.25, -0.2) is 0 Å². The SMILES string of the molecule is CC(C)(C)c1ccc(N2c3ccc(C(C)(C)C)cc3B3c4cc5c(c(-n6c7ccccc7c7ccccc76)c4N(c4ccc(C(C)(C)C)cc4)c4cc(C(C)(C)C)cc2c43)-c2ccccc2C5(c2ccccc2)c2ccccc2)cc1. The topological polar surface area (TPSA) is 11.4 Å². The maximum absolute atomic E-state index is 2.71. The molecule has 0 atom stereocenters. The van der Waals surface area contributed by atoms with E-state index in [0.717, 1.165) is 11.4 Å². The van der Waals surface area contributed by atoms with Gasteiger partial charge < -0.3 is 14.4 Å². The fourth-order valence-electron chi connectivity index (χ4n) is 14.1. The molecule has 1 aromatic heterocycles. The third-order valence-corrected chi connectivity index (χ3v) is 18.3. The maximum Gasteiger partial charge on any atom is 0.252 e. The van der Waals surface area contributed by atoms with E-state index in [1.807, 2.05) is 0 Å². The van der Waals surface area contributed by atoms with Gasteiger partial charge >= 0.3 is 0 Å². The van der Waals surface area contributed by atoms with E-state index in [2.05, 4.69) is 316 Å². The van der Waals surface area contributed by atoms with Gasteiger partial charge in [0.25, 0.3) is 6.71 Å². The van der Waals surface area contributed by atoms with Crippen LogP contribution in [0.2, 0.25) is 0 Å². The van der Waals surface area contributed by atoms with Gasteiger partial charge in [0.15, 0.2) is 0 Å². The Morgan fingerprint density at radius 1 is 0.346 bits per heavy atom. The zero-order valence-corrected chi connectivity index (χ0v) is 49.2. The van der Waals surface area contributed by atoms with Gasteiger partial charge in [0.05, 0.1) is 27.8 Å². The van der Waals surface area contributed by atoms with Gasteiger partial charge in [-0.05, 0) is 143 Å². The molecule has 14 rings (SSSR count). The predicted octanol–water partition coefficient (Wildman–Crippen LogP) is 18.4. The molecule has 0 radical (unpaired) electrons. The highest BCUT2D eigenvalue weighted by Crippen LogP contribution is 2.61. The van der Waals surface area contributed by atoms with Crippen LogP contribution < -0.4 is 26.2 Å². The first kappa shape index (κ1) is 50.9. The number of benzene rings is 10. The Morgan fingerprint density at radius 2 is 0.802 bits per heavy atom. The molecule has 2 aliphatic heterocycles. The lowest BCUT2D eigenvalue weighted by atomic mass is 9.33. The quantitative estimate of drug-likeness (QED) is 0.159. The zero-order chi connectivity index (χ0) is 56.1. The van der Waals surface area contributed by atoms with Crippen molar-refractivity contribution in [2.24, 2.45) is 0 Å². The third kappa shape index (κ3) is 7.62. The molecule has 11 aromatic rings. The highest BCUT2D eigenvalue weighted by atomic mass is 15.2. The Kier molecular flexibility index (Phi) is 11.2. The van der Waals surface area contributed by atoms with Crippen molar-refractivity contribution < 1.29 is 0 Å². The summed E-state index contributed by atoms with van der Waals surface area (Å²) in [5.74, 6) is 0. The van der Waals surface area contributed by atoms with Crippen LogP contribution in [-0.4, -0.2) is 11.3 Å². The molecule has 1 aliphatic carbocycles. The molecule has 398 valence electrons. The van der Waals surface area contributed by atoms with Crippen molar-refractivity contribution in [3.05, 3.63) is 263 Å². The van der Waals surface area contributed by atoms with Crippen molar-refractivity contribution in [2.45, 2.75) is 110 Å². The van der Waals surface area contributed by atoms with E-state index in [4.69, 9.17) is 0 Å². The Hall–Kier alpha value is -8.34. The monoisotopic (exact) mass is 1050 g/mol. The molecule has 0 N–H and O–H groups in total. The number of aromatic nitrogens is 1. The molecule has 0 spiro atoms. The summed E-state index contributed by atoms with van der Waals surface area (Å²) < 4.78 is 2.67. The van der Waals surface area contributed by atoms with E-state index in [-0.39, 0.29) is 28.4 Å². The van der Waals surface area contributed by atoms with Gasteiger partial charge in [-0.2, -0.15) is 0 Å². The molecular weight excluding hydrogens is 978 g/mol. The molecule has 0 amide bonds. The summed E-state index contributed by atoms with van der Waals surface area (Å²) in [5, 5.41) is 2.48. The van der Waals surface area contributed by atoms with Crippen molar-refractivity contribution in [2.75, 3.05) is 9.80 Å². The second kappa shape index (κ2) is 17.8. The smallest absolute Gasteiger partial charge is 0.252 e. The number of para-hydroxylation sites is 2. The average molecular weight is 1050 g/mol. The number of hydrogen-bond donors (Lipinski definition) is 0. The molecule has 0 saturated heterocycles. The fraction of sp³-hybridized carbons (Fsp3) is 0.221. The summed E-state index contributed by atoms with van der Waals surface area (Å²) in [5.41, 5.74) is 26.5. The third-order valence-electron chi connectivity index (χ3n) is 18.3. The van der Waals surface area contributed by atoms with Crippen LogP contribution in [-0.2, 0) is 27.1 Å². The molecule has 81 heavy (non-hydrogen) atoms. The minimum Gasteiger partial charge on any atom is -0.311 e. The molecule has 0 fully saturated rings. The Balaban J connectivity index is 1.24. The van der Waals surface area contributed by atoms with Crippen LogP contribution in [0.3, 0.4) is 0 Å². The first-order chi connectivity index (χ1) is 38.7. The first-order valence-corrected chi connectivity index (χ1v) is 29.3. The Morgan fingerprint density at radius 3 is 1.33 bits per heavy atom. The number of nitrogens with zero attached hydrogens (tertiary/aromatic N) is 3. The van der Waals surface area contributed by atoms with E-state index >= 15 is 0 Å². The fourth-order valence-corrected chi connectivity index (χ4v) is 14.1. The van der Waals surface area contributed by atoms with E-state index in [1.165, 1.54) is 122 Å². The molecule has 0 saturated carbocycles. The van der Waals surface area contributed by atoms with Gasteiger partial charge in [0, 0.05) is 44.8 Å². The molecule has 0 bridgehead atoms. The van der Waals surface area contributed by atoms with Gasteiger partial charge in [-0.15, -0.1) is 0 Å². The van der Waals surface area contributed by atoms with Gasteiger partial charge in [-0.1, -0.05) is 247 Å². The Labute approximate surface area is 480 Å². The van der Waals surface area contributed by atoms with Crippen molar-refractivity contribution in [3.8, 4) is 16.8 Å². The highest BCUT2D eigenvalue weighted by Gasteiger charge is 2.52. The lowest BCUT2D eigenvalue weighted by Crippen LogP contribution is -2.62. The minimum atomic E-state index is -0.680. The summed E-state index contributed by atoms with van der Waals surface area (Å²) in [7, 11) is 0. The number of rotatable bonds is 5. The van der Waals surface area contributed by atoms with E-state index in [9.17, 15) is 0 Å². The molecule has 3 heterocycles. The second-order valence-corrected chi connectivity index (χ2v) is 27.4. The molecule has 3 aliphatic rings. The van der Waals surface area contributed by atoms with Crippen LogP contribution in [0, 0.1) is 0 Å². The number of hydrogen-bond acceptors (Lipinski definition) is 2. The van der Waals surface area contributed by atoms with E-state index < -0.39 is 5.41 Å². The van der Waals surface area contributed by atoms with Crippen LogP contribution in [0.1, 0.15) is 128 Å². The van der Waals surface area contributed by atoms with Gasteiger partial charge in [0.2, 0.25) is 0 Å². The van der Waals surface area contributed by atoms with Crippen LogP contribution in [0.15, 0.2) is 218 Å². The standard InChI is InChI=1S/C77H72BN3/c1-73(2,3)49-35-40-55(41-36-49)79-66-44-39-53(75(7,8)9)45-62(66)78-63-48-61-69(59-31-19-22-32-60(59)77(61,51-25-15-13-16-26-51)52-27-17-14-18-28-52)72(81-64-33-23-20-29-57(64)58-30-21-24-34-65(58)81)71(63)80(56-42-37-50(38-43-56)74(4,5)6)68-47-54(76(10,11)12)46-67(79)70(68)78/h13-48H,1-12H3. The molecule has 0 unspecified atom stereocenters. The summed E-state index contributed by atoms with van der Waals surface area (Å²) >= 11 is 0. The van der Waals surface area contributed by atoms with E-state index in [1.54, 1.807) is 0 Å². The number of fused-ring (bicyclic) bond motifs is 10. The van der Waals surface area contributed by atoms with Gasteiger partial charge in [-0.3, -0.25) is 0 Å². The molecule has 4 heteroatoms. The van der Waals surface area contributed by atoms with Crippen molar-refractivity contribution in [1.29, 1.82) is 0 Å². The summed E-state index contributed by atoms with van der Waals surface area (Å²) in [6, 6.07) is 84.7. The van der Waals surface area contributed by atoms with E-state index in [0.29, 0.717) is 0 Å². The number of anilines is 6. The molecule has 10 aromatic carbocycles. The van der Waals surface area contributed by atoms with Crippen molar-refractivity contribution in [1.82, 2.24) is 4.57 Å². The van der Waals surface area contributed by atoms with Crippen LogP contribution >= 0.6 is 0 Å². The first-order valence-electron chi connectivity index (χ1n) is 29.3. The Bertz CT molecular complexity index is 4210. The highest BCUT2D eigenvalue weighted by molar-refractivity contribution is 7.00. The lowest BCUT2D eigenvalue weighted by Gasteiger charge is -2.47. The molecular formula is C77H72BN3. The average Bonchev–Trinajstić information content (AvgIpc) is 2.47. The zero-order valence-electron chi connectivity index (χ0n) is 49.2. The van der Waals surface area contributed by atoms with Crippen molar-refractivity contribution in [3.63, 3.8) is 0 Å². The van der Waals surface area contributed by atoms with Crippen molar-refractivity contribution >= 4 is 79.0 Å². The maximum atomic E-state index is 2.71. The van der Waals surface area contributed by atoms with Gasteiger partial charge in [0.1, 0.15) is 0 Å². The normalized spacial score (nSPS) is 14.4. The van der Waals surface area contributed by atoms with Crippen LogP contribution in [0.5, 0.6) is 0 Å². The lowest BCUT2D eigenvalue weighted by molar-refractivity contribution is 0.589. The van der Waals surface area contributed by atoms with Crippen LogP contribution in [0.25, 0.3) is 38.6 Å². The summed E-state index contributed by atoms with van der Waals surface area (Å²) in [6.45, 7) is 28.0. The summed E-state index contributed by atoms with van der Waals surface area (Å²) in [6.07, 6.45) is 0. The molecule has 3 nitrogen and oxygen atoms in total. The largest absolute Gasteiger partial charge is 0.311 e. The summed E-state index contributed by atoms with van der Waals surface area (Å²) in [4.78, 5) is 5.32. The minimum absolute atomic E-state index is 0.00578. The second-order valence-electron chi connectivity index (χ2n) is 27.4.